The number of aryl methyl sites for hydroxylation is 1. The van der Waals surface area contributed by atoms with Gasteiger partial charge in [-0.3, -0.25) is 9.89 Å². The van der Waals surface area contributed by atoms with E-state index in [1.807, 2.05) is 19.1 Å². The van der Waals surface area contributed by atoms with E-state index >= 15 is 0 Å². The number of likely N-dealkylation sites (tertiary alicyclic amines) is 1. The van der Waals surface area contributed by atoms with Crippen LogP contribution in [0.15, 0.2) is 28.1 Å². The Morgan fingerprint density at radius 2 is 2.07 bits per heavy atom. The first-order valence-corrected chi connectivity index (χ1v) is 11.6. The van der Waals surface area contributed by atoms with E-state index in [0.717, 1.165) is 23.6 Å². The molecule has 1 aromatic carbocycles. The fourth-order valence-corrected chi connectivity index (χ4v) is 4.74. The van der Waals surface area contributed by atoms with Crippen LogP contribution in [-0.4, -0.2) is 57.8 Å². The van der Waals surface area contributed by atoms with Crippen LogP contribution in [0, 0.1) is 6.92 Å². The lowest BCUT2D eigenvalue weighted by molar-refractivity contribution is 0.115. The van der Waals surface area contributed by atoms with Gasteiger partial charge in [0.25, 0.3) is 0 Å². The molecule has 1 heterocycles. The van der Waals surface area contributed by atoms with Crippen molar-refractivity contribution in [2.75, 3.05) is 26.4 Å². The first-order chi connectivity index (χ1) is 12.7. The van der Waals surface area contributed by atoms with Gasteiger partial charge in [0, 0.05) is 38.5 Å². The molecule has 0 aliphatic carbocycles. The maximum Gasteiger partial charge on any atom is 0.191 e. The molecule has 0 saturated carbocycles. The van der Waals surface area contributed by atoms with Gasteiger partial charge < -0.3 is 10.6 Å². The maximum atomic E-state index is 11.7. The van der Waals surface area contributed by atoms with Gasteiger partial charge in [0.15, 0.2) is 15.8 Å². The summed E-state index contributed by atoms with van der Waals surface area (Å²) in [6.45, 7) is 9.01. The minimum absolute atomic E-state index is 0.387. The highest BCUT2D eigenvalue weighted by Gasteiger charge is 2.23. The molecular formula is C20H34N4O2S. The molecule has 0 aromatic heterocycles. The molecule has 1 aliphatic heterocycles. The van der Waals surface area contributed by atoms with Crippen molar-refractivity contribution in [1.82, 2.24) is 15.5 Å². The maximum absolute atomic E-state index is 11.7. The lowest BCUT2D eigenvalue weighted by Crippen LogP contribution is -2.50. The summed E-state index contributed by atoms with van der Waals surface area (Å²) in [5.74, 6) is 0.761. The Morgan fingerprint density at radius 3 is 2.67 bits per heavy atom. The smallest absolute Gasteiger partial charge is 0.191 e. The van der Waals surface area contributed by atoms with Gasteiger partial charge in [0.05, 0.1) is 4.90 Å². The Kier molecular flexibility index (Phi) is 7.68. The molecule has 27 heavy (non-hydrogen) atoms. The first-order valence-electron chi connectivity index (χ1n) is 9.72. The highest BCUT2D eigenvalue weighted by atomic mass is 32.2. The van der Waals surface area contributed by atoms with Crippen LogP contribution in [0.3, 0.4) is 0 Å². The quantitative estimate of drug-likeness (QED) is 0.572. The minimum atomic E-state index is -3.18. The van der Waals surface area contributed by atoms with Crippen molar-refractivity contribution in [2.24, 2.45) is 4.99 Å². The van der Waals surface area contributed by atoms with Gasteiger partial charge >= 0.3 is 0 Å². The van der Waals surface area contributed by atoms with Crippen molar-refractivity contribution in [3.05, 3.63) is 29.3 Å². The third-order valence-corrected chi connectivity index (χ3v) is 6.56. The van der Waals surface area contributed by atoms with Crippen LogP contribution in [0.1, 0.15) is 44.2 Å². The summed E-state index contributed by atoms with van der Waals surface area (Å²) >= 11 is 0. The predicted molar refractivity (Wildman–Crippen MR) is 112 cm³/mol. The molecule has 1 saturated heterocycles. The normalized spacial score (nSPS) is 20.3. The molecule has 0 amide bonds. The largest absolute Gasteiger partial charge is 0.355 e. The van der Waals surface area contributed by atoms with Gasteiger partial charge in [-0.15, -0.1) is 0 Å². The number of nitrogens with zero attached hydrogens (tertiary/aromatic N) is 2. The second-order valence-electron chi connectivity index (χ2n) is 7.61. The van der Waals surface area contributed by atoms with Crippen molar-refractivity contribution in [3.63, 3.8) is 0 Å². The average molecular weight is 395 g/mol. The van der Waals surface area contributed by atoms with Crippen LogP contribution in [0.25, 0.3) is 0 Å². The van der Waals surface area contributed by atoms with E-state index < -0.39 is 9.84 Å². The summed E-state index contributed by atoms with van der Waals surface area (Å²) in [4.78, 5) is 7.25. The Bertz CT molecular complexity index is 761. The van der Waals surface area contributed by atoms with Gasteiger partial charge in [-0.2, -0.15) is 0 Å². The van der Waals surface area contributed by atoms with Crippen molar-refractivity contribution < 1.29 is 8.42 Å². The van der Waals surface area contributed by atoms with Crippen LogP contribution in [-0.2, 0) is 16.4 Å². The van der Waals surface area contributed by atoms with Crippen LogP contribution in [0.5, 0.6) is 0 Å². The monoisotopic (exact) mass is 394 g/mol. The molecule has 152 valence electrons. The Balaban J connectivity index is 1.87. The molecule has 1 aliphatic rings. The standard InChI is InChI=1S/C20H34N4O2S/c1-15-12-18(9-10-19(15)27(5,25)26)14-23-20(21-4)22-13-17(3)24-11-7-6-8-16(24)2/h9-10,12,16-17H,6-8,11,13-14H2,1-5H3,(H2,21,22,23). The summed E-state index contributed by atoms with van der Waals surface area (Å²) in [5, 5.41) is 6.72. The number of guanidine groups is 1. The van der Waals surface area contributed by atoms with Crippen molar-refractivity contribution in [3.8, 4) is 0 Å². The van der Waals surface area contributed by atoms with Crippen molar-refractivity contribution in [1.29, 1.82) is 0 Å². The first kappa shape index (κ1) is 21.7. The summed E-state index contributed by atoms with van der Waals surface area (Å²) in [5.41, 5.74) is 1.80. The molecule has 1 aromatic rings. The molecule has 2 unspecified atom stereocenters. The van der Waals surface area contributed by atoms with E-state index in [9.17, 15) is 8.42 Å². The zero-order chi connectivity index (χ0) is 20.0. The Morgan fingerprint density at radius 1 is 1.33 bits per heavy atom. The number of hydrogen-bond acceptors (Lipinski definition) is 4. The topological polar surface area (TPSA) is 73.8 Å². The summed E-state index contributed by atoms with van der Waals surface area (Å²) in [6, 6.07) is 6.53. The van der Waals surface area contributed by atoms with Crippen LogP contribution >= 0.6 is 0 Å². The average Bonchev–Trinajstić information content (AvgIpc) is 2.61. The SMILES string of the molecule is CN=C(NCc1ccc(S(C)(=O)=O)c(C)c1)NCC(C)N1CCCCC1C. The number of rotatable bonds is 6. The zero-order valence-electron chi connectivity index (χ0n) is 17.2. The van der Waals surface area contributed by atoms with Crippen molar-refractivity contribution in [2.45, 2.75) is 63.6 Å². The molecule has 2 rings (SSSR count). The summed E-state index contributed by atoms with van der Waals surface area (Å²) in [7, 11) is -1.42. The number of benzene rings is 1. The highest BCUT2D eigenvalue weighted by Crippen LogP contribution is 2.19. The Hall–Kier alpha value is -1.60. The van der Waals surface area contributed by atoms with Gasteiger partial charge in [0.1, 0.15) is 0 Å². The molecule has 0 spiro atoms. The van der Waals surface area contributed by atoms with Crippen LogP contribution in [0.2, 0.25) is 0 Å². The van der Waals surface area contributed by atoms with Gasteiger partial charge in [-0.1, -0.05) is 18.6 Å². The van der Waals surface area contributed by atoms with E-state index in [2.05, 4.69) is 34.4 Å². The molecule has 1 fully saturated rings. The third-order valence-electron chi connectivity index (χ3n) is 5.31. The molecule has 2 atom stereocenters. The summed E-state index contributed by atoms with van der Waals surface area (Å²) < 4.78 is 23.5. The van der Waals surface area contributed by atoms with Crippen molar-refractivity contribution >= 4 is 15.8 Å². The van der Waals surface area contributed by atoms with E-state index in [0.29, 0.717) is 23.5 Å². The minimum Gasteiger partial charge on any atom is -0.355 e. The number of aliphatic imine (C=N–C) groups is 1. The van der Waals surface area contributed by atoms with Crippen LogP contribution < -0.4 is 10.6 Å². The van der Waals surface area contributed by atoms with E-state index in [1.54, 1.807) is 13.1 Å². The fourth-order valence-electron chi connectivity index (χ4n) is 3.78. The molecular weight excluding hydrogens is 360 g/mol. The second kappa shape index (κ2) is 9.55. The molecule has 7 heteroatoms. The number of nitrogens with one attached hydrogen (secondary N) is 2. The van der Waals surface area contributed by atoms with Crippen LogP contribution in [0.4, 0.5) is 0 Å². The number of hydrogen-bond donors (Lipinski definition) is 2. The lowest BCUT2D eigenvalue weighted by atomic mass is 10.0. The highest BCUT2D eigenvalue weighted by molar-refractivity contribution is 7.90. The van der Waals surface area contributed by atoms with Gasteiger partial charge in [0.2, 0.25) is 0 Å². The zero-order valence-corrected chi connectivity index (χ0v) is 18.1. The Labute approximate surface area is 164 Å². The van der Waals surface area contributed by atoms with E-state index in [-0.39, 0.29) is 0 Å². The third kappa shape index (κ3) is 6.21. The molecule has 0 radical (unpaired) electrons. The van der Waals surface area contributed by atoms with Gasteiger partial charge in [-0.25, -0.2) is 8.42 Å². The predicted octanol–water partition coefficient (Wildman–Crippen LogP) is 2.33. The van der Waals surface area contributed by atoms with E-state index in [4.69, 9.17) is 0 Å². The number of piperidine rings is 1. The molecule has 0 bridgehead atoms. The second-order valence-corrected chi connectivity index (χ2v) is 9.59. The molecule has 6 nitrogen and oxygen atoms in total. The summed E-state index contributed by atoms with van der Waals surface area (Å²) in [6.07, 6.45) is 5.13. The number of sulfone groups is 1. The molecule has 2 N–H and O–H groups in total. The fraction of sp³-hybridized carbons (Fsp3) is 0.650. The van der Waals surface area contributed by atoms with E-state index in [1.165, 1.54) is 32.1 Å². The lowest BCUT2D eigenvalue weighted by Gasteiger charge is -2.38. The van der Waals surface area contributed by atoms with Gasteiger partial charge in [-0.05, 0) is 57.4 Å².